The lowest BCUT2D eigenvalue weighted by Crippen LogP contribution is -2.21. The van der Waals surface area contributed by atoms with Gasteiger partial charge in [-0.1, -0.05) is 42.6 Å². The molecule has 0 radical (unpaired) electrons. The highest BCUT2D eigenvalue weighted by Crippen LogP contribution is 2.22. The van der Waals surface area contributed by atoms with Crippen molar-refractivity contribution in [2.45, 2.75) is 19.8 Å². The number of carbonyl (C=O) groups is 1. The molecule has 0 saturated heterocycles. The van der Waals surface area contributed by atoms with Gasteiger partial charge in [-0.25, -0.2) is 0 Å². The predicted octanol–water partition coefficient (Wildman–Crippen LogP) is 3.92. The smallest absolute Gasteiger partial charge is 0.243 e. The lowest BCUT2D eigenvalue weighted by atomic mass is 10.2. The van der Waals surface area contributed by atoms with Crippen molar-refractivity contribution in [3.8, 4) is 0 Å². The average molecular weight is 272 g/mol. The molecule has 0 atom stereocenters. The number of unbranched alkanes of at least 4 members (excludes halogenated alkanes) is 1. The number of halogens is 2. The summed E-state index contributed by atoms with van der Waals surface area (Å²) in [6.07, 6.45) is 5.27. The van der Waals surface area contributed by atoms with Crippen LogP contribution < -0.4 is 5.32 Å². The van der Waals surface area contributed by atoms with E-state index < -0.39 is 0 Å². The SMILES string of the molecule is CCCCNC(=O)/C=C/c1ccc(Cl)c(Cl)c1. The Balaban J connectivity index is 2.52. The van der Waals surface area contributed by atoms with Crippen LogP contribution in [0, 0.1) is 0 Å². The Morgan fingerprint density at radius 1 is 1.35 bits per heavy atom. The number of rotatable bonds is 5. The van der Waals surface area contributed by atoms with Gasteiger partial charge in [-0.3, -0.25) is 4.79 Å². The molecular formula is C13H15Cl2NO. The van der Waals surface area contributed by atoms with E-state index in [0.29, 0.717) is 16.6 Å². The van der Waals surface area contributed by atoms with Crippen LogP contribution in [0.5, 0.6) is 0 Å². The number of nitrogens with one attached hydrogen (secondary N) is 1. The molecule has 4 heteroatoms. The van der Waals surface area contributed by atoms with Gasteiger partial charge in [0.1, 0.15) is 0 Å². The predicted molar refractivity (Wildman–Crippen MR) is 73.4 cm³/mol. The molecule has 1 amide bonds. The maximum Gasteiger partial charge on any atom is 0.243 e. The zero-order valence-electron chi connectivity index (χ0n) is 9.67. The van der Waals surface area contributed by atoms with Crippen molar-refractivity contribution in [1.29, 1.82) is 0 Å². The van der Waals surface area contributed by atoms with Crippen molar-refractivity contribution in [1.82, 2.24) is 5.32 Å². The van der Waals surface area contributed by atoms with Crippen molar-refractivity contribution in [3.05, 3.63) is 39.9 Å². The van der Waals surface area contributed by atoms with Crippen LogP contribution in [-0.4, -0.2) is 12.5 Å². The third-order valence-corrected chi connectivity index (χ3v) is 2.94. The number of amides is 1. The number of hydrogen-bond acceptors (Lipinski definition) is 1. The van der Waals surface area contributed by atoms with Gasteiger partial charge in [0.05, 0.1) is 10.0 Å². The largest absolute Gasteiger partial charge is 0.353 e. The first-order valence-corrected chi connectivity index (χ1v) is 6.30. The Bertz CT molecular complexity index is 416. The van der Waals surface area contributed by atoms with Gasteiger partial charge in [-0.2, -0.15) is 0 Å². The average Bonchev–Trinajstić information content (AvgIpc) is 2.31. The fourth-order valence-corrected chi connectivity index (χ4v) is 1.54. The molecule has 1 aromatic rings. The molecule has 0 bridgehead atoms. The summed E-state index contributed by atoms with van der Waals surface area (Å²) in [5.41, 5.74) is 0.852. The van der Waals surface area contributed by atoms with E-state index in [1.54, 1.807) is 18.2 Å². The van der Waals surface area contributed by atoms with Crippen molar-refractivity contribution in [2.75, 3.05) is 6.54 Å². The van der Waals surface area contributed by atoms with Crippen molar-refractivity contribution in [3.63, 3.8) is 0 Å². The number of carbonyl (C=O) groups excluding carboxylic acids is 1. The molecular weight excluding hydrogens is 257 g/mol. The monoisotopic (exact) mass is 271 g/mol. The minimum absolute atomic E-state index is 0.0930. The summed E-state index contributed by atoms with van der Waals surface area (Å²) in [5.74, 6) is -0.0930. The lowest BCUT2D eigenvalue weighted by Gasteiger charge is -2.00. The number of hydrogen-bond donors (Lipinski definition) is 1. The Kier molecular flexibility index (Phi) is 6.09. The highest BCUT2D eigenvalue weighted by atomic mass is 35.5. The fraction of sp³-hybridized carbons (Fsp3) is 0.308. The van der Waals surface area contributed by atoms with Gasteiger partial charge in [-0.05, 0) is 30.2 Å². The van der Waals surface area contributed by atoms with E-state index in [9.17, 15) is 4.79 Å². The first kappa shape index (κ1) is 14.1. The normalized spacial score (nSPS) is 10.8. The van der Waals surface area contributed by atoms with Crippen LogP contribution >= 0.6 is 23.2 Å². The minimum Gasteiger partial charge on any atom is -0.353 e. The van der Waals surface area contributed by atoms with Gasteiger partial charge < -0.3 is 5.32 Å². The van der Waals surface area contributed by atoms with Crippen LogP contribution in [0.2, 0.25) is 10.0 Å². The second kappa shape index (κ2) is 7.36. The topological polar surface area (TPSA) is 29.1 Å². The first-order chi connectivity index (χ1) is 8.13. The molecule has 0 fully saturated rings. The summed E-state index contributed by atoms with van der Waals surface area (Å²) in [4.78, 5) is 11.4. The molecule has 0 aromatic heterocycles. The van der Waals surface area contributed by atoms with Crippen LogP contribution in [0.4, 0.5) is 0 Å². The molecule has 1 N–H and O–H groups in total. The fourth-order valence-electron chi connectivity index (χ4n) is 1.24. The molecule has 0 saturated carbocycles. The Labute approximate surface area is 112 Å². The molecule has 0 heterocycles. The van der Waals surface area contributed by atoms with Crippen LogP contribution in [0.25, 0.3) is 6.08 Å². The van der Waals surface area contributed by atoms with Crippen LogP contribution in [0.1, 0.15) is 25.3 Å². The molecule has 17 heavy (non-hydrogen) atoms. The minimum atomic E-state index is -0.0930. The Hall–Kier alpha value is -0.990. The lowest BCUT2D eigenvalue weighted by molar-refractivity contribution is -0.116. The molecule has 2 nitrogen and oxygen atoms in total. The second-order valence-corrected chi connectivity index (χ2v) is 4.47. The maximum absolute atomic E-state index is 11.4. The molecule has 0 spiro atoms. The van der Waals surface area contributed by atoms with E-state index in [2.05, 4.69) is 12.2 Å². The zero-order chi connectivity index (χ0) is 12.7. The van der Waals surface area contributed by atoms with Crippen molar-refractivity contribution in [2.24, 2.45) is 0 Å². The zero-order valence-corrected chi connectivity index (χ0v) is 11.2. The molecule has 1 aromatic carbocycles. The summed E-state index contributed by atoms with van der Waals surface area (Å²) < 4.78 is 0. The van der Waals surface area contributed by atoms with Crippen LogP contribution in [0.15, 0.2) is 24.3 Å². The van der Waals surface area contributed by atoms with Gasteiger partial charge in [0.2, 0.25) is 5.91 Å². The first-order valence-electron chi connectivity index (χ1n) is 5.54. The van der Waals surface area contributed by atoms with Gasteiger partial charge in [-0.15, -0.1) is 0 Å². The van der Waals surface area contributed by atoms with Gasteiger partial charge in [0, 0.05) is 12.6 Å². The van der Waals surface area contributed by atoms with Crippen LogP contribution in [0.3, 0.4) is 0 Å². The quantitative estimate of drug-likeness (QED) is 0.638. The highest BCUT2D eigenvalue weighted by molar-refractivity contribution is 6.42. The Morgan fingerprint density at radius 2 is 2.12 bits per heavy atom. The third kappa shape index (κ3) is 5.24. The van der Waals surface area contributed by atoms with Gasteiger partial charge >= 0.3 is 0 Å². The summed E-state index contributed by atoms with van der Waals surface area (Å²) in [6, 6.07) is 5.24. The molecule has 92 valence electrons. The van der Waals surface area contributed by atoms with E-state index in [1.165, 1.54) is 6.08 Å². The van der Waals surface area contributed by atoms with Gasteiger partial charge in [0.25, 0.3) is 0 Å². The molecule has 0 aliphatic heterocycles. The van der Waals surface area contributed by atoms with E-state index in [4.69, 9.17) is 23.2 Å². The van der Waals surface area contributed by atoms with E-state index in [0.717, 1.165) is 18.4 Å². The van der Waals surface area contributed by atoms with E-state index in [-0.39, 0.29) is 5.91 Å². The maximum atomic E-state index is 11.4. The molecule has 1 rings (SSSR count). The highest BCUT2D eigenvalue weighted by Gasteiger charge is 1.98. The summed E-state index contributed by atoms with van der Waals surface area (Å²) >= 11 is 11.7. The van der Waals surface area contributed by atoms with Crippen LogP contribution in [-0.2, 0) is 4.79 Å². The Morgan fingerprint density at radius 3 is 2.76 bits per heavy atom. The standard InChI is InChI=1S/C13H15Cl2NO/c1-2-3-8-16-13(17)7-5-10-4-6-11(14)12(15)9-10/h4-7,9H,2-3,8H2,1H3,(H,16,17)/b7-5+. The number of benzene rings is 1. The molecule has 0 aliphatic carbocycles. The molecule has 0 unspecified atom stereocenters. The van der Waals surface area contributed by atoms with Crippen molar-refractivity contribution >= 4 is 35.2 Å². The summed E-state index contributed by atoms with van der Waals surface area (Å²) in [5, 5.41) is 3.79. The second-order valence-electron chi connectivity index (χ2n) is 3.65. The summed E-state index contributed by atoms with van der Waals surface area (Å²) in [6.45, 7) is 2.79. The third-order valence-electron chi connectivity index (χ3n) is 2.20. The van der Waals surface area contributed by atoms with Crippen molar-refractivity contribution < 1.29 is 4.79 Å². The van der Waals surface area contributed by atoms with E-state index in [1.807, 2.05) is 6.07 Å². The summed E-state index contributed by atoms with van der Waals surface area (Å²) in [7, 11) is 0. The van der Waals surface area contributed by atoms with Gasteiger partial charge in [0.15, 0.2) is 0 Å². The molecule has 0 aliphatic rings. The van der Waals surface area contributed by atoms with E-state index >= 15 is 0 Å².